The van der Waals surface area contributed by atoms with Gasteiger partial charge in [-0.15, -0.1) is 0 Å². The highest BCUT2D eigenvalue weighted by Crippen LogP contribution is 2.20. The predicted molar refractivity (Wildman–Crippen MR) is 60.9 cm³/mol. The minimum atomic E-state index is 0.811. The first-order chi connectivity index (χ1) is 6.22. The molecule has 0 saturated carbocycles. The molecule has 0 aromatic rings. The summed E-state index contributed by atoms with van der Waals surface area (Å²) in [6.45, 7) is 8.10. The van der Waals surface area contributed by atoms with Crippen LogP contribution in [0.4, 0.5) is 0 Å². The number of piperidine rings is 1. The van der Waals surface area contributed by atoms with Crippen molar-refractivity contribution in [1.29, 1.82) is 0 Å². The van der Waals surface area contributed by atoms with E-state index in [0.29, 0.717) is 0 Å². The van der Waals surface area contributed by atoms with E-state index in [1.807, 2.05) is 0 Å². The molecule has 1 fully saturated rings. The van der Waals surface area contributed by atoms with Crippen LogP contribution in [0.1, 0.15) is 19.3 Å². The summed E-state index contributed by atoms with van der Waals surface area (Å²) in [5.74, 6) is 0.811. The third-order valence-electron chi connectivity index (χ3n) is 2.57. The van der Waals surface area contributed by atoms with Gasteiger partial charge in [0.15, 0.2) is 0 Å². The Morgan fingerprint density at radius 1 is 1.62 bits per heavy atom. The van der Waals surface area contributed by atoms with E-state index in [-0.39, 0.29) is 0 Å². The molecule has 1 aliphatic rings. The van der Waals surface area contributed by atoms with Gasteiger partial charge in [0.25, 0.3) is 0 Å². The number of halogens is 1. The summed E-state index contributed by atoms with van der Waals surface area (Å²) in [4.78, 5) is 2.46. The minimum Gasteiger partial charge on any atom is -0.330 e. The molecule has 13 heavy (non-hydrogen) atoms. The summed E-state index contributed by atoms with van der Waals surface area (Å²) in [5, 5.41) is 0. The SMILES string of the molecule is C=C(Br)CN1CCCC(CCN)C1. The topological polar surface area (TPSA) is 29.3 Å². The van der Waals surface area contributed by atoms with Gasteiger partial charge in [-0.2, -0.15) is 0 Å². The van der Waals surface area contributed by atoms with Crippen LogP contribution >= 0.6 is 15.9 Å². The largest absolute Gasteiger partial charge is 0.330 e. The third kappa shape index (κ3) is 4.25. The Hall–Kier alpha value is 0.140. The van der Waals surface area contributed by atoms with Crippen molar-refractivity contribution in [2.45, 2.75) is 19.3 Å². The molecule has 0 amide bonds. The second kappa shape index (κ2) is 5.78. The number of hydrogen-bond acceptors (Lipinski definition) is 2. The van der Waals surface area contributed by atoms with Gasteiger partial charge in [0.05, 0.1) is 0 Å². The first-order valence-corrected chi connectivity index (χ1v) is 5.77. The van der Waals surface area contributed by atoms with Crippen LogP contribution in [-0.4, -0.2) is 31.1 Å². The van der Waals surface area contributed by atoms with Crippen molar-refractivity contribution in [3.63, 3.8) is 0 Å². The van der Waals surface area contributed by atoms with Crippen LogP contribution in [0.15, 0.2) is 11.1 Å². The first kappa shape index (κ1) is 11.2. The second-order valence-electron chi connectivity index (χ2n) is 3.84. The lowest BCUT2D eigenvalue weighted by atomic mass is 9.95. The van der Waals surface area contributed by atoms with Crippen LogP contribution in [-0.2, 0) is 0 Å². The standard InChI is InChI=1S/C10H19BrN2/c1-9(11)7-13-6-2-3-10(8-13)4-5-12/h10H,1-8,12H2. The molecule has 0 bridgehead atoms. The van der Waals surface area contributed by atoms with E-state index in [1.54, 1.807) is 0 Å². The van der Waals surface area contributed by atoms with Crippen molar-refractivity contribution in [2.24, 2.45) is 11.7 Å². The fourth-order valence-corrected chi connectivity index (χ4v) is 2.36. The molecular formula is C10H19BrN2. The van der Waals surface area contributed by atoms with E-state index >= 15 is 0 Å². The van der Waals surface area contributed by atoms with Crippen molar-refractivity contribution in [1.82, 2.24) is 4.90 Å². The highest BCUT2D eigenvalue weighted by Gasteiger charge is 2.18. The smallest absolute Gasteiger partial charge is 0.0294 e. The van der Waals surface area contributed by atoms with Gasteiger partial charge in [-0.1, -0.05) is 22.5 Å². The number of nitrogens with two attached hydrogens (primary N) is 1. The molecule has 1 aliphatic heterocycles. The van der Waals surface area contributed by atoms with Crippen LogP contribution in [0.5, 0.6) is 0 Å². The fourth-order valence-electron chi connectivity index (χ4n) is 2.01. The highest BCUT2D eigenvalue weighted by atomic mass is 79.9. The van der Waals surface area contributed by atoms with Gasteiger partial charge in [0, 0.05) is 17.6 Å². The van der Waals surface area contributed by atoms with Gasteiger partial charge in [-0.3, -0.25) is 4.90 Å². The maximum Gasteiger partial charge on any atom is 0.0294 e. The van der Waals surface area contributed by atoms with Crippen molar-refractivity contribution < 1.29 is 0 Å². The molecule has 0 spiro atoms. The Bertz CT molecular complexity index is 168. The Morgan fingerprint density at radius 3 is 3.00 bits per heavy atom. The average molecular weight is 247 g/mol. The number of rotatable bonds is 4. The number of nitrogens with zero attached hydrogens (tertiary/aromatic N) is 1. The summed E-state index contributed by atoms with van der Waals surface area (Å²) >= 11 is 3.41. The quantitative estimate of drug-likeness (QED) is 0.822. The molecular weight excluding hydrogens is 228 g/mol. The number of likely N-dealkylation sites (tertiary alicyclic amines) is 1. The molecule has 3 heteroatoms. The van der Waals surface area contributed by atoms with Gasteiger partial charge >= 0.3 is 0 Å². The Balaban J connectivity index is 2.28. The summed E-state index contributed by atoms with van der Waals surface area (Å²) in [7, 11) is 0. The van der Waals surface area contributed by atoms with Crippen LogP contribution in [0.3, 0.4) is 0 Å². The van der Waals surface area contributed by atoms with Gasteiger partial charge in [0.2, 0.25) is 0 Å². The Kier molecular flexibility index (Phi) is 4.99. The summed E-state index contributed by atoms with van der Waals surface area (Å²) in [6.07, 6.45) is 3.83. The maximum atomic E-state index is 5.56. The zero-order valence-electron chi connectivity index (χ0n) is 8.14. The van der Waals surface area contributed by atoms with Crippen LogP contribution in [0.25, 0.3) is 0 Å². The van der Waals surface area contributed by atoms with Crippen molar-refractivity contribution >= 4 is 15.9 Å². The van der Waals surface area contributed by atoms with E-state index < -0.39 is 0 Å². The zero-order chi connectivity index (χ0) is 9.68. The molecule has 76 valence electrons. The molecule has 0 aromatic heterocycles. The predicted octanol–water partition coefficient (Wildman–Crippen LogP) is 1.96. The Labute approximate surface area is 89.3 Å². The van der Waals surface area contributed by atoms with Crippen LogP contribution in [0.2, 0.25) is 0 Å². The lowest BCUT2D eigenvalue weighted by molar-refractivity contribution is 0.185. The van der Waals surface area contributed by atoms with Gasteiger partial charge < -0.3 is 5.73 Å². The first-order valence-electron chi connectivity index (χ1n) is 4.98. The third-order valence-corrected chi connectivity index (χ3v) is 2.82. The summed E-state index contributed by atoms with van der Waals surface area (Å²) < 4.78 is 1.08. The Morgan fingerprint density at radius 2 is 2.38 bits per heavy atom. The van der Waals surface area contributed by atoms with E-state index in [2.05, 4.69) is 27.4 Å². The van der Waals surface area contributed by atoms with Gasteiger partial charge in [-0.25, -0.2) is 0 Å². The molecule has 2 nitrogen and oxygen atoms in total. The van der Waals surface area contributed by atoms with Crippen LogP contribution < -0.4 is 5.73 Å². The molecule has 1 rings (SSSR count). The fraction of sp³-hybridized carbons (Fsp3) is 0.800. The van der Waals surface area contributed by atoms with Gasteiger partial charge in [0.1, 0.15) is 0 Å². The normalized spacial score (nSPS) is 24.6. The number of hydrogen-bond donors (Lipinski definition) is 1. The lowest BCUT2D eigenvalue weighted by Gasteiger charge is -2.32. The summed E-state index contributed by atoms with van der Waals surface area (Å²) in [6, 6.07) is 0. The van der Waals surface area contributed by atoms with E-state index in [0.717, 1.165) is 23.5 Å². The second-order valence-corrected chi connectivity index (χ2v) is 4.96. The van der Waals surface area contributed by atoms with E-state index in [4.69, 9.17) is 5.73 Å². The van der Waals surface area contributed by atoms with E-state index in [1.165, 1.54) is 32.4 Å². The zero-order valence-corrected chi connectivity index (χ0v) is 9.72. The molecule has 1 heterocycles. The van der Waals surface area contributed by atoms with Crippen molar-refractivity contribution in [2.75, 3.05) is 26.2 Å². The van der Waals surface area contributed by atoms with E-state index in [9.17, 15) is 0 Å². The molecule has 2 N–H and O–H groups in total. The van der Waals surface area contributed by atoms with Crippen molar-refractivity contribution in [3.8, 4) is 0 Å². The molecule has 0 aromatic carbocycles. The maximum absolute atomic E-state index is 5.56. The summed E-state index contributed by atoms with van der Waals surface area (Å²) in [5.41, 5.74) is 5.56. The molecule has 1 atom stereocenters. The molecule has 1 unspecified atom stereocenters. The van der Waals surface area contributed by atoms with Crippen molar-refractivity contribution in [3.05, 3.63) is 11.1 Å². The monoisotopic (exact) mass is 246 g/mol. The molecule has 0 aliphatic carbocycles. The highest BCUT2D eigenvalue weighted by molar-refractivity contribution is 9.11. The molecule has 1 saturated heterocycles. The lowest BCUT2D eigenvalue weighted by Crippen LogP contribution is -2.36. The molecule has 0 radical (unpaired) electrons. The average Bonchev–Trinajstić information content (AvgIpc) is 2.04. The van der Waals surface area contributed by atoms with Crippen LogP contribution in [0, 0.1) is 5.92 Å². The minimum absolute atomic E-state index is 0.811. The van der Waals surface area contributed by atoms with Gasteiger partial charge in [-0.05, 0) is 38.3 Å².